The first-order chi connectivity index (χ1) is 8.79. The van der Waals surface area contributed by atoms with Gasteiger partial charge in [0.1, 0.15) is 15.0 Å². The minimum atomic E-state index is -3.85. The molecule has 0 aliphatic carbocycles. The van der Waals surface area contributed by atoms with Gasteiger partial charge >= 0.3 is 0 Å². The van der Waals surface area contributed by atoms with Gasteiger partial charge in [0.15, 0.2) is 0 Å². The summed E-state index contributed by atoms with van der Waals surface area (Å²) in [4.78, 5) is -0.107. The highest BCUT2D eigenvalue weighted by atomic mass is 79.9. The van der Waals surface area contributed by atoms with Crippen molar-refractivity contribution in [3.05, 3.63) is 43.2 Å². The molecule has 1 aromatic heterocycles. The van der Waals surface area contributed by atoms with Crippen LogP contribution in [0.15, 0.2) is 33.6 Å². The quantitative estimate of drug-likeness (QED) is 0.801. The average Bonchev–Trinajstić information content (AvgIpc) is 2.63. The molecule has 1 N–H and O–H groups in total. The Balaban J connectivity index is 2.36. The molecule has 2 aromatic rings. The molecule has 0 spiro atoms. The zero-order valence-electron chi connectivity index (χ0n) is 8.95. The number of anilines is 1. The van der Waals surface area contributed by atoms with E-state index in [9.17, 15) is 12.8 Å². The van der Waals surface area contributed by atoms with Gasteiger partial charge in [0.05, 0.1) is 14.5 Å². The van der Waals surface area contributed by atoms with Crippen LogP contribution in [-0.2, 0) is 10.0 Å². The maximum absolute atomic E-state index is 13.1. The Morgan fingerprint density at radius 3 is 2.47 bits per heavy atom. The van der Waals surface area contributed by atoms with Crippen molar-refractivity contribution in [3.63, 3.8) is 0 Å². The summed E-state index contributed by atoms with van der Waals surface area (Å²) in [6.07, 6.45) is 0. The van der Waals surface area contributed by atoms with Gasteiger partial charge in [-0.25, -0.2) is 12.8 Å². The molecule has 0 atom stereocenters. The van der Waals surface area contributed by atoms with E-state index in [1.807, 2.05) is 0 Å². The molecule has 0 saturated heterocycles. The Labute approximate surface area is 131 Å². The van der Waals surface area contributed by atoms with Gasteiger partial charge < -0.3 is 0 Å². The second-order valence-corrected chi connectivity index (χ2v) is 8.21. The standard InChI is InChI=1S/C10H5BrCl2FNO2S2/c11-6-3-5(1-2-7(6)14)15-19(16,17)8-4-9(12)18-10(8)13/h1-4,15H. The van der Waals surface area contributed by atoms with Crippen LogP contribution in [0.2, 0.25) is 8.67 Å². The van der Waals surface area contributed by atoms with E-state index < -0.39 is 15.8 Å². The molecule has 0 amide bonds. The van der Waals surface area contributed by atoms with Crippen LogP contribution < -0.4 is 4.72 Å². The van der Waals surface area contributed by atoms with Crippen molar-refractivity contribution >= 4 is 66.2 Å². The number of nitrogens with one attached hydrogen (secondary N) is 1. The van der Waals surface area contributed by atoms with Crippen LogP contribution >= 0.6 is 50.5 Å². The van der Waals surface area contributed by atoms with Gasteiger partial charge in [-0.3, -0.25) is 4.72 Å². The van der Waals surface area contributed by atoms with Crippen molar-refractivity contribution in [2.24, 2.45) is 0 Å². The van der Waals surface area contributed by atoms with Crippen LogP contribution in [0, 0.1) is 5.82 Å². The number of rotatable bonds is 3. The summed E-state index contributed by atoms with van der Waals surface area (Å²) in [6.45, 7) is 0. The highest BCUT2D eigenvalue weighted by Gasteiger charge is 2.21. The summed E-state index contributed by atoms with van der Waals surface area (Å²) >= 11 is 15.4. The van der Waals surface area contributed by atoms with Crippen LogP contribution in [0.5, 0.6) is 0 Å². The number of hydrogen-bond donors (Lipinski definition) is 1. The van der Waals surface area contributed by atoms with Crippen LogP contribution in [-0.4, -0.2) is 8.42 Å². The monoisotopic (exact) mass is 403 g/mol. The summed E-state index contributed by atoms with van der Waals surface area (Å²) in [5.41, 5.74) is 0.215. The molecule has 0 unspecified atom stereocenters. The maximum Gasteiger partial charge on any atom is 0.264 e. The van der Waals surface area contributed by atoms with Crippen LogP contribution in [0.3, 0.4) is 0 Å². The minimum Gasteiger partial charge on any atom is -0.280 e. The number of sulfonamides is 1. The van der Waals surface area contributed by atoms with E-state index in [1.54, 1.807) is 0 Å². The normalized spacial score (nSPS) is 11.6. The topological polar surface area (TPSA) is 46.2 Å². The van der Waals surface area contributed by atoms with Crippen molar-refractivity contribution in [1.82, 2.24) is 0 Å². The number of halogens is 4. The summed E-state index contributed by atoms with van der Waals surface area (Å²) in [5.74, 6) is -0.487. The van der Waals surface area contributed by atoms with E-state index in [4.69, 9.17) is 23.2 Å². The fourth-order valence-electron chi connectivity index (χ4n) is 1.28. The van der Waals surface area contributed by atoms with Crippen molar-refractivity contribution in [2.45, 2.75) is 4.90 Å². The van der Waals surface area contributed by atoms with Gasteiger partial charge in [-0.1, -0.05) is 23.2 Å². The largest absolute Gasteiger partial charge is 0.280 e. The first-order valence-corrected chi connectivity index (χ1v) is 8.57. The molecule has 0 radical (unpaired) electrons. The van der Waals surface area contributed by atoms with E-state index in [-0.39, 0.29) is 23.7 Å². The smallest absolute Gasteiger partial charge is 0.264 e. The molecular weight excluding hydrogens is 400 g/mol. The molecule has 3 nitrogen and oxygen atoms in total. The van der Waals surface area contributed by atoms with Gasteiger partial charge in [-0.15, -0.1) is 11.3 Å². The third kappa shape index (κ3) is 3.41. The van der Waals surface area contributed by atoms with Crippen molar-refractivity contribution in [3.8, 4) is 0 Å². The predicted molar refractivity (Wildman–Crippen MR) is 79.2 cm³/mol. The molecule has 0 saturated carbocycles. The van der Waals surface area contributed by atoms with Crippen LogP contribution in [0.25, 0.3) is 0 Å². The molecule has 0 fully saturated rings. The minimum absolute atomic E-state index is 0.0682. The van der Waals surface area contributed by atoms with Gasteiger partial charge in [0.2, 0.25) is 0 Å². The maximum atomic E-state index is 13.1. The molecule has 102 valence electrons. The summed E-state index contributed by atoms with van der Waals surface area (Å²) in [7, 11) is -3.85. The Morgan fingerprint density at radius 2 is 1.95 bits per heavy atom. The summed E-state index contributed by atoms with van der Waals surface area (Å²) < 4.78 is 40.0. The van der Waals surface area contributed by atoms with E-state index >= 15 is 0 Å². The lowest BCUT2D eigenvalue weighted by molar-refractivity contribution is 0.601. The van der Waals surface area contributed by atoms with Crippen molar-refractivity contribution < 1.29 is 12.8 Å². The van der Waals surface area contributed by atoms with Crippen LogP contribution in [0.4, 0.5) is 10.1 Å². The first-order valence-electron chi connectivity index (χ1n) is 4.72. The highest BCUT2D eigenvalue weighted by molar-refractivity contribution is 9.10. The number of benzene rings is 1. The fraction of sp³-hybridized carbons (Fsp3) is 0. The molecule has 19 heavy (non-hydrogen) atoms. The van der Waals surface area contributed by atoms with E-state index in [0.29, 0.717) is 0 Å². The van der Waals surface area contributed by atoms with E-state index in [1.165, 1.54) is 18.2 Å². The van der Waals surface area contributed by atoms with Gasteiger partial charge in [0.25, 0.3) is 10.0 Å². The zero-order valence-corrected chi connectivity index (χ0v) is 13.7. The lowest BCUT2D eigenvalue weighted by atomic mass is 10.3. The fourth-order valence-corrected chi connectivity index (χ4v) is 4.86. The first kappa shape index (κ1) is 15.1. The second-order valence-electron chi connectivity index (χ2n) is 3.42. The summed E-state index contributed by atoms with van der Waals surface area (Å²) in [6, 6.07) is 5.02. The Morgan fingerprint density at radius 1 is 1.26 bits per heavy atom. The van der Waals surface area contributed by atoms with E-state index in [2.05, 4.69) is 20.7 Å². The highest BCUT2D eigenvalue weighted by Crippen LogP contribution is 2.35. The Kier molecular flexibility index (Phi) is 4.42. The summed E-state index contributed by atoms with van der Waals surface area (Å²) in [5, 5.41) is 0. The zero-order chi connectivity index (χ0) is 14.2. The molecule has 1 aromatic carbocycles. The second kappa shape index (κ2) is 5.57. The third-order valence-corrected chi connectivity index (χ3v) is 5.83. The molecule has 0 bridgehead atoms. The van der Waals surface area contributed by atoms with Crippen LogP contribution in [0.1, 0.15) is 0 Å². The average molecular weight is 405 g/mol. The van der Waals surface area contributed by atoms with Crippen molar-refractivity contribution in [2.75, 3.05) is 4.72 Å². The molecular formula is C10H5BrCl2FNO2S2. The van der Waals surface area contributed by atoms with Gasteiger partial charge in [0, 0.05) is 0 Å². The molecule has 0 aliphatic heterocycles. The molecule has 2 rings (SSSR count). The number of thiophene rings is 1. The SMILES string of the molecule is O=S(=O)(Nc1ccc(F)c(Br)c1)c1cc(Cl)sc1Cl. The number of hydrogen-bond acceptors (Lipinski definition) is 3. The van der Waals surface area contributed by atoms with Crippen molar-refractivity contribution in [1.29, 1.82) is 0 Å². The van der Waals surface area contributed by atoms with Gasteiger partial charge in [-0.05, 0) is 40.2 Å². The molecule has 9 heteroatoms. The molecule has 1 heterocycles. The molecule has 0 aliphatic rings. The Hall–Kier alpha value is -0.340. The lowest BCUT2D eigenvalue weighted by Crippen LogP contribution is -2.12. The Bertz CT molecular complexity index is 733. The van der Waals surface area contributed by atoms with E-state index in [0.717, 1.165) is 17.4 Å². The predicted octanol–water partition coefficient (Wildman–Crippen LogP) is 4.76. The van der Waals surface area contributed by atoms with Gasteiger partial charge in [-0.2, -0.15) is 0 Å². The third-order valence-electron chi connectivity index (χ3n) is 2.09. The lowest BCUT2D eigenvalue weighted by Gasteiger charge is -2.07.